The van der Waals surface area contributed by atoms with Gasteiger partial charge in [-0.1, -0.05) is 36.1 Å². The summed E-state index contributed by atoms with van der Waals surface area (Å²) < 4.78 is 14.0. The number of rotatable bonds is 2. The molecule has 3 nitrogen and oxygen atoms in total. The predicted molar refractivity (Wildman–Crippen MR) is 77.9 cm³/mol. The van der Waals surface area contributed by atoms with Gasteiger partial charge in [-0.3, -0.25) is 9.63 Å². The molecule has 0 radical (unpaired) electrons. The molecule has 2 rings (SSSR count). The van der Waals surface area contributed by atoms with Gasteiger partial charge in [-0.25, -0.2) is 9.45 Å². The highest BCUT2D eigenvalue weighted by molar-refractivity contribution is 5.96. The van der Waals surface area contributed by atoms with E-state index in [0.717, 1.165) is 10.6 Å². The van der Waals surface area contributed by atoms with Gasteiger partial charge in [0.15, 0.2) is 0 Å². The summed E-state index contributed by atoms with van der Waals surface area (Å²) in [5, 5.41) is 0.964. The van der Waals surface area contributed by atoms with Crippen LogP contribution in [0.15, 0.2) is 48.5 Å². The molecule has 0 saturated heterocycles. The second kappa shape index (κ2) is 6.69. The Bertz CT molecular complexity index is 702. The van der Waals surface area contributed by atoms with Gasteiger partial charge in [0, 0.05) is 18.2 Å². The minimum absolute atomic E-state index is 0.0923. The zero-order valence-corrected chi connectivity index (χ0v) is 11.8. The molecule has 0 heterocycles. The van der Waals surface area contributed by atoms with Crippen LogP contribution >= 0.6 is 0 Å². The third-order valence-corrected chi connectivity index (χ3v) is 2.90. The first-order valence-corrected chi connectivity index (χ1v) is 6.31. The van der Waals surface area contributed by atoms with Gasteiger partial charge in [0.25, 0.3) is 5.91 Å². The molecule has 0 atom stereocenters. The molecule has 0 bridgehead atoms. The number of carbonyl (C=O) groups excluding carboxylic acids is 1. The summed E-state index contributed by atoms with van der Waals surface area (Å²) in [6, 6.07) is 13.6. The van der Waals surface area contributed by atoms with Crippen molar-refractivity contribution in [2.75, 3.05) is 14.2 Å². The summed E-state index contributed by atoms with van der Waals surface area (Å²) in [5.41, 5.74) is 1.03. The van der Waals surface area contributed by atoms with Crippen LogP contribution in [-0.4, -0.2) is 25.1 Å². The van der Waals surface area contributed by atoms with E-state index in [1.807, 2.05) is 30.3 Å². The molecule has 0 aliphatic rings. The van der Waals surface area contributed by atoms with Crippen LogP contribution in [0.3, 0.4) is 0 Å². The van der Waals surface area contributed by atoms with Gasteiger partial charge in [0.2, 0.25) is 0 Å². The molecule has 0 aliphatic heterocycles. The SMILES string of the molecule is CON(C)C(=O)c1c(F)cccc1C#Cc1ccccc1. The van der Waals surface area contributed by atoms with Gasteiger partial charge in [0.1, 0.15) is 5.82 Å². The van der Waals surface area contributed by atoms with Gasteiger partial charge in [-0.15, -0.1) is 0 Å². The maximum atomic E-state index is 14.0. The lowest BCUT2D eigenvalue weighted by molar-refractivity contribution is -0.0759. The third-order valence-electron chi connectivity index (χ3n) is 2.90. The maximum Gasteiger partial charge on any atom is 0.281 e. The number of hydroxylamine groups is 2. The van der Waals surface area contributed by atoms with Crippen molar-refractivity contribution >= 4 is 5.91 Å². The highest BCUT2D eigenvalue weighted by Crippen LogP contribution is 2.15. The standard InChI is InChI=1S/C17H14FNO2/c1-19(21-2)17(20)16-14(9-6-10-15(16)18)12-11-13-7-4-3-5-8-13/h3-10H,1-2H3. The topological polar surface area (TPSA) is 29.5 Å². The Morgan fingerprint density at radius 2 is 1.81 bits per heavy atom. The van der Waals surface area contributed by atoms with Crippen LogP contribution in [0.1, 0.15) is 21.5 Å². The number of halogens is 1. The number of hydrogen-bond acceptors (Lipinski definition) is 2. The molecule has 0 aliphatic carbocycles. The first kappa shape index (κ1) is 14.8. The van der Waals surface area contributed by atoms with E-state index in [2.05, 4.69) is 11.8 Å². The van der Waals surface area contributed by atoms with Crippen LogP contribution in [0.25, 0.3) is 0 Å². The summed E-state index contributed by atoms with van der Waals surface area (Å²) in [6.07, 6.45) is 0. The zero-order valence-electron chi connectivity index (χ0n) is 11.8. The summed E-state index contributed by atoms with van der Waals surface area (Å²) >= 11 is 0. The van der Waals surface area contributed by atoms with Crippen LogP contribution in [0.2, 0.25) is 0 Å². The fraction of sp³-hybridized carbons (Fsp3) is 0.118. The van der Waals surface area contributed by atoms with Crippen molar-refractivity contribution in [3.05, 3.63) is 71.0 Å². The molecule has 0 N–H and O–H groups in total. The first-order chi connectivity index (χ1) is 10.1. The van der Waals surface area contributed by atoms with Crippen molar-refractivity contribution in [3.63, 3.8) is 0 Å². The molecule has 0 fully saturated rings. The monoisotopic (exact) mass is 283 g/mol. The van der Waals surface area contributed by atoms with Gasteiger partial charge in [-0.05, 0) is 24.3 Å². The van der Waals surface area contributed by atoms with Crippen LogP contribution in [0, 0.1) is 17.7 Å². The molecular formula is C17H14FNO2. The van der Waals surface area contributed by atoms with Crippen LogP contribution in [0.5, 0.6) is 0 Å². The van der Waals surface area contributed by atoms with Crippen molar-refractivity contribution in [2.45, 2.75) is 0 Å². The Balaban J connectivity index is 2.44. The van der Waals surface area contributed by atoms with Crippen LogP contribution < -0.4 is 0 Å². The summed E-state index contributed by atoms with van der Waals surface area (Å²) in [5.74, 6) is 4.55. The Morgan fingerprint density at radius 1 is 1.10 bits per heavy atom. The lowest BCUT2D eigenvalue weighted by Gasteiger charge is -2.15. The predicted octanol–water partition coefficient (Wildman–Crippen LogP) is 2.86. The first-order valence-electron chi connectivity index (χ1n) is 6.31. The van der Waals surface area contributed by atoms with E-state index < -0.39 is 11.7 Å². The maximum absolute atomic E-state index is 14.0. The normalized spacial score (nSPS) is 9.67. The Kier molecular flexibility index (Phi) is 4.70. The largest absolute Gasteiger partial charge is 0.281 e. The molecule has 0 saturated carbocycles. The highest BCUT2D eigenvalue weighted by Gasteiger charge is 2.19. The zero-order chi connectivity index (χ0) is 15.2. The number of benzene rings is 2. The highest BCUT2D eigenvalue weighted by atomic mass is 19.1. The molecule has 106 valence electrons. The molecule has 0 unspecified atom stereocenters. The number of hydrogen-bond donors (Lipinski definition) is 0. The van der Waals surface area contributed by atoms with Crippen LogP contribution in [0.4, 0.5) is 4.39 Å². The molecule has 21 heavy (non-hydrogen) atoms. The Hall–Kier alpha value is -2.64. The van der Waals surface area contributed by atoms with E-state index in [1.54, 1.807) is 6.07 Å². The molecular weight excluding hydrogens is 269 g/mol. The number of carbonyl (C=O) groups is 1. The lowest BCUT2D eigenvalue weighted by Crippen LogP contribution is -2.27. The molecule has 1 amide bonds. The lowest BCUT2D eigenvalue weighted by atomic mass is 10.1. The van der Waals surface area contributed by atoms with Crippen molar-refractivity contribution in [2.24, 2.45) is 0 Å². The van der Waals surface area contributed by atoms with E-state index in [0.29, 0.717) is 5.56 Å². The van der Waals surface area contributed by atoms with Crippen molar-refractivity contribution in [1.82, 2.24) is 5.06 Å². The van der Waals surface area contributed by atoms with Gasteiger partial charge < -0.3 is 0 Å². The third kappa shape index (κ3) is 3.47. The Labute approximate surface area is 122 Å². The van der Waals surface area contributed by atoms with E-state index in [4.69, 9.17) is 4.84 Å². The fourth-order valence-electron chi connectivity index (χ4n) is 1.75. The van der Waals surface area contributed by atoms with E-state index in [1.165, 1.54) is 26.3 Å². The minimum atomic E-state index is -0.622. The van der Waals surface area contributed by atoms with Crippen molar-refractivity contribution < 1.29 is 14.0 Å². The van der Waals surface area contributed by atoms with Crippen LogP contribution in [-0.2, 0) is 4.84 Å². The van der Waals surface area contributed by atoms with E-state index in [9.17, 15) is 9.18 Å². The second-order valence-electron chi connectivity index (χ2n) is 4.26. The summed E-state index contributed by atoms with van der Waals surface area (Å²) in [6.45, 7) is 0. The summed E-state index contributed by atoms with van der Waals surface area (Å²) in [7, 11) is 2.76. The quantitative estimate of drug-likeness (QED) is 0.626. The minimum Gasteiger partial charge on any atom is -0.274 e. The van der Waals surface area contributed by atoms with Crippen molar-refractivity contribution in [3.8, 4) is 11.8 Å². The number of amides is 1. The average molecular weight is 283 g/mol. The van der Waals surface area contributed by atoms with E-state index >= 15 is 0 Å². The molecule has 2 aromatic carbocycles. The van der Waals surface area contributed by atoms with E-state index in [-0.39, 0.29) is 5.56 Å². The smallest absolute Gasteiger partial charge is 0.274 e. The second-order valence-corrected chi connectivity index (χ2v) is 4.26. The summed E-state index contributed by atoms with van der Waals surface area (Å²) in [4.78, 5) is 16.9. The van der Waals surface area contributed by atoms with Gasteiger partial charge in [-0.2, -0.15) is 0 Å². The molecule has 0 spiro atoms. The van der Waals surface area contributed by atoms with Gasteiger partial charge in [0.05, 0.1) is 12.7 Å². The molecule has 2 aromatic rings. The van der Waals surface area contributed by atoms with Gasteiger partial charge >= 0.3 is 0 Å². The molecule has 0 aromatic heterocycles. The average Bonchev–Trinajstić information content (AvgIpc) is 2.52. The Morgan fingerprint density at radius 3 is 2.48 bits per heavy atom. The fourth-order valence-corrected chi connectivity index (χ4v) is 1.75. The number of nitrogens with zero attached hydrogens (tertiary/aromatic N) is 1. The molecule has 4 heteroatoms. The van der Waals surface area contributed by atoms with Crippen molar-refractivity contribution in [1.29, 1.82) is 0 Å².